The molecule has 11 heavy (non-hydrogen) atoms. The summed E-state index contributed by atoms with van der Waals surface area (Å²) >= 11 is 0. The first-order valence-corrected chi connectivity index (χ1v) is 3.20. The lowest BCUT2D eigenvalue weighted by Gasteiger charge is -2.11. The number of hydrogen-bond acceptors (Lipinski definition) is 1. The average molecular weight is 162 g/mol. The molecule has 60 valence electrons. The number of rotatable bonds is 0. The number of halogens is 3. The molecule has 0 amide bonds. The van der Waals surface area contributed by atoms with E-state index >= 15 is 0 Å². The minimum Gasteiger partial charge on any atom is -0.358 e. The molecule has 1 nitrogen and oxygen atoms in total. The van der Waals surface area contributed by atoms with Crippen LogP contribution in [0.15, 0.2) is 23.8 Å². The maximum Gasteiger partial charge on any atom is 0.415 e. The van der Waals surface area contributed by atoms with Crippen molar-refractivity contribution >= 4 is 0 Å². The van der Waals surface area contributed by atoms with E-state index < -0.39 is 24.0 Å². The minimum absolute atomic E-state index is 0.448. The lowest BCUT2D eigenvalue weighted by Crippen LogP contribution is -2.19. The zero-order valence-electron chi connectivity index (χ0n) is 5.43. The van der Waals surface area contributed by atoms with E-state index in [4.69, 9.17) is 4.74 Å². The molecule has 0 radical (unpaired) electrons. The van der Waals surface area contributed by atoms with E-state index in [-0.39, 0.29) is 0 Å². The number of alkyl halides is 3. The van der Waals surface area contributed by atoms with E-state index in [1.807, 2.05) is 0 Å². The fourth-order valence-electron chi connectivity index (χ4n) is 1.27. The van der Waals surface area contributed by atoms with Crippen LogP contribution in [0.4, 0.5) is 13.2 Å². The quantitative estimate of drug-likeness (QED) is 0.493. The first-order chi connectivity index (χ1) is 5.07. The maximum atomic E-state index is 12.0. The summed E-state index contributed by atoms with van der Waals surface area (Å²) in [4.78, 5) is 0. The highest BCUT2D eigenvalue weighted by Crippen LogP contribution is 2.38. The van der Waals surface area contributed by atoms with E-state index in [0.717, 1.165) is 6.08 Å². The van der Waals surface area contributed by atoms with Crippen LogP contribution in [-0.2, 0) is 4.74 Å². The summed E-state index contributed by atoms with van der Waals surface area (Å²) in [7, 11) is 0. The third-order valence-electron chi connectivity index (χ3n) is 1.76. The molecule has 0 aromatic heterocycles. The van der Waals surface area contributed by atoms with E-state index in [0.29, 0.717) is 0 Å². The zero-order valence-corrected chi connectivity index (χ0v) is 5.43. The van der Waals surface area contributed by atoms with Crippen molar-refractivity contribution in [2.45, 2.75) is 18.4 Å². The maximum absolute atomic E-state index is 12.0. The average Bonchev–Trinajstić information content (AvgIpc) is 2.42. The SMILES string of the molecule is FC(F)(F)C1=CC2C=CC1O2. The van der Waals surface area contributed by atoms with Crippen molar-refractivity contribution in [3.05, 3.63) is 23.8 Å². The van der Waals surface area contributed by atoms with E-state index in [1.165, 1.54) is 6.08 Å². The van der Waals surface area contributed by atoms with Crippen LogP contribution in [0.2, 0.25) is 0 Å². The van der Waals surface area contributed by atoms with Gasteiger partial charge >= 0.3 is 6.18 Å². The molecular weight excluding hydrogens is 157 g/mol. The van der Waals surface area contributed by atoms with Gasteiger partial charge in [0, 0.05) is 0 Å². The molecule has 0 spiro atoms. The van der Waals surface area contributed by atoms with Crippen LogP contribution in [0.5, 0.6) is 0 Å². The van der Waals surface area contributed by atoms with Crippen molar-refractivity contribution < 1.29 is 17.9 Å². The van der Waals surface area contributed by atoms with Gasteiger partial charge in [0.2, 0.25) is 0 Å². The molecular formula is C7H5F3O. The summed E-state index contributed by atoms with van der Waals surface area (Å²) in [5.74, 6) is 0. The molecule has 0 N–H and O–H groups in total. The van der Waals surface area contributed by atoms with Gasteiger partial charge < -0.3 is 4.74 Å². The van der Waals surface area contributed by atoms with Crippen molar-refractivity contribution in [3.8, 4) is 0 Å². The molecule has 2 heterocycles. The predicted molar refractivity (Wildman–Crippen MR) is 31.9 cm³/mol. The molecule has 0 aliphatic carbocycles. The molecule has 2 rings (SSSR count). The van der Waals surface area contributed by atoms with Crippen molar-refractivity contribution in [1.82, 2.24) is 0 Å². The van der Waals surface area contributed by atoms with Gasteiger partial charge in [-0.25, -0.2) is 0 Å². The fraction of sp³-hybridized carbons (Fsp3) is 0.429. The van der Waals surface area contributed by atoms with Gasteiger partial charge in [-0.1, -0.05) is 12.2 Å². The summed E-state index contributed by atoms with van der Waals surface area (Å²) in [6.07, 6.45) is -1.35. The standard InChI is InChI=1S/C7H5F3O/c8-7(9,10)5-3-4-1-2-6(5)11-4/h1-4,6H. The second kappa shape index (κ2) is 1.88. The van der Waals surface area contributed by atoms with Gasteiger partial charge in [0.15, 0.2) is 0 Å². The van der Waals surface area contributed by atoms with Crippen LogP contribution in [0.3, 0.4) is 0 Å². The molecule has 0 saturated carbocycles. The molecule has 0 aromatic carbocycles. The van der Waals surface area contributed by atoms with Crippen LogP contribution < -0.4 is 0 Å². The Bertz CT molecular complexity index is 239. The van der Waals surface area contributed by atoms with Gasteiger partial charge in [0.05, 0.1) is 11.7 Å². The largest absolute Gasteiger partial charge is 0.415 e. The molecule has 2 aliphatic heterocycles. The molecule has 2 bridgehead atoms. The van der Waals surface area contributed by atoms with Crippen LogP contribution in [0.25, 0.3) is 0 Å². The minimum atomic E-state index is -4.23. The van der Waals surface area contributed by atoms with Crippen molar-refractivity contribution in [3.63, 3.8) is 0 Å². The Balaban J connectivity index is 2.26. The summed E-state index contributed by atoms with van der Waals surface area (Å²) in [6.45, 7) is 0. The van der Waals surface area contributed by atoms with Crippen LogP contribution in [0.1, 0.15) is 0 Å². The van der Waals surface area contributed by atoms with Gasteiger partial charge in [-0.05, 0) is 6.08 Å². The van der Waals surface area contributed by atoms with Gasteiger partial charge in [-0.3, -0.25) is 0 Å². The van der Waals surface area contributed by atoms with E-state index in [9.17, 15) is 13.2 Å². The van der Waals surface area contributed by atoms with Crippen LogP contribution in [-0.4, -0.2) is 18.4 Å². The van der Waals surface area contributed by atoms with E-state index in [1.54, 1.807) is 6.08 Å². The first-order valence-electron chi connectivity index (χ1n) is 3.20. The van der Waals surface area contributed by atoms with Crippen molar-refractivity contribution in [1.29, 1.82) is 0 Å². The van der Waals surface area contributed by atoms with Crippen molar-refractivity contribution in [2.75, 3.05) is 0 Å². The third-order valence-corrected chi connectivity index (χ3v) is 1.76. The Morgan fingerprint density at radius 3 is 2.27 bits per heavy atom. The summed E-state index contributed by atoms with van der Waals surface area (Å²) in [5.41, 5.74) is -0.565. The Kier molecular flexibility index (Phi) is 1.18. The lowest BCUT2D eigenvalue weighted by molar-refractivity contribution is -0.100. The molecule has 2 unspecified atom stereocenters. The topological polar surface area (TPSA) is 9.23 Å². The number of hydrogen-bond donors (Lipinski definition) is 0. The highest BCUT2D eigenvalue weighted by molar-refractivity contribution is 5.34. The predicted octanol–water partition coefficient (Wildman–Crippen LogP) is 1.81. The molecule has 0 aromatic rings. The fourth-order valence-corrected chi connectivity index (χ4v) is 1.27. The summed E-state index contributed by atoms with van der Waals surface area (Å²) < 4.78 is 41.0. The summed E-state index contributed by atoms with van der Waals surface area (Å²) in [5, 5.41) is 0. The highest BCUT2D eigenvalue weighted by Gasteiger charge is 2.44. The van der Waals surface area contributed by atoms with Crippen LogP contribution >= 0.6 is 0 Å². The third kappa shape index (κ3) is 0.976. The monoisotopic (exact) mass is 162 g/mol. The van der Waals surface area contributed by atoms with Crippen molar-refractivity contribution in [2.24, 2.45) is 0 Å². The Morgan fingerprint density at radius 1 is 1.27 bits per heavy atom. The van der Waals surface area contributed by atoms with Gasteiger partial charge in [0.25, 0.3) is 0 Å². The second-order valence-electron chi connectivity index (χ2n) is 2.53. The second-order valence-corrected chi connectivity index (χ2v) is 2.53. The Hall–Kier alpha value is -0.770. The molecule has 0 saturated heterocycles. The zero-order chi connectivity index (χ0) is 8.06. The number of fused-ring (bicyclic) bond motifs is 2. The van der Waals surface area contributed by atoms with E-state index in [2.05, 4.69) is 0 Å². The van der Waals surface area contributed by atoms with Gasteiger partial charge in [-0.15, -0.1) is 0 Å². The molecule has 4 heteroatoms. The Morgan fingerprint density at radius 2 is 2.00 bits per heavy atom. The highest BCUT2D eigenvalue weighted by atomic mass is 19.4. The number of ether oxygens (including phenoxy) is 1. The summed E-state index contributed by atoms with van der Waals surface area (Å²) in [6, 6.07) is 0. The first kappa shape index (κ1) is 6.91. The molecule has 2 aliphatic rings. The van der Waals surface area contributed by atoms with Crippen LogP contribution in [0, 0.1) is 0 Å². The van der Waals surface area contributed by atoms with Gasteiger partial charge in [-0.2, -0.15) is 13.2 Å². The smallest absolute Gasteiger partial charge is 0.358 e. The Labute approximate surface area is 61.1 Å². The normalized spacial score (nSPS) is 34.6. The van der Waals surface area contributed by atoms with Gasteiger partial charge in [0.1, 0.15) is 6.10 Å². The molecule has 2 atom stereocenters. The molecule has 0 fully saturated rings. The lowest BCUT2D eigenvalue weighted by atomic mass is 10.1.